The summed E-state index contributed by atoms with van der Waals surface area (Å²) in [5.74, 6) is -2.60. The van der Waals surface area contributed by atoms with E-state index in [1.165, 1.54) is 17.2 Å². The van der Waals surface area contributed by atoms with Gasteiger partial charge in [0.1, 0.15) is 5.76 Å². The van der Waals surface area contributed by atoms with Gasteiger partial charge in [-0.05, 0) is 90.9 Å². The Balaban J connectivity index is 2.58. The quantitative estimate of drug-likeness (QED) is 0.242. The zero-order valence-corrected chi connectivity index (χ0v) is 23.2. The van der Waals surface area contributed by atoms with E-state index in [1.54, 1.807) is 0 Å². The van der Waals surface area contributed by atoms with Crippen LogP contribution >= 0.6 is 0 Å². The second-order valence-corrected chi connectivity index (χ2v) is 11.5. The predicted molar refractivity (Wildman–Crippen MR) is 143 cm³/mol. The fourth-order valence-electron chi connectivity index (χ4n) is 6.03. The molecule has 0 heterocycles. The lowest BCUT2D eigenvalue weighted by Crippen LogP contribution is -2.65. The van der Waals surface area contributed by atoms with Gasteiger partial charge < -0.3 is 5.11 Å². The van der Waals surface area contributed by atoms with Gasteiger partial charge in [0, 0.05) is 12.0 Å². The third-order valence-corrected chi connectivity index (χ3v) is 8.46. The van der Waals surface area contributed by atoms with Crippen molar-refractivity contribution >= 4 is 17.3 Å². The summed E-state index contributed by atoms with van der Waals surface area (Å²) in [6, 6.07) is 0. The van der Waals surface area contributed by atoms with Crippen molar-refractivity contribution in [2.45, 2.75) is 100 Å². The normalized spacial score (nSPS) is 29.4. The van der Waals surface area contributed by atoms with Crippen molar-refractivity contribution in [2.75, 3.05) is 0 Å². The first-order valence-electron chi connectivity index (χ1n) is 13.3. The van der Waals surface area contributed by atoms with E-state index < -0.39 is 16.7 Å². The van der Waals surface area contributed by atoms with Gasteiger partial charge in [-0.25, -0.2) is 0 Å². The third kappa shape index (κ3) is 5.62. The highest BCUT2D eigenvalue weighted by Crippen LogP contribution is 2.62. The second kappa shape index (κ2) is 11.7. The second-order valence-electron chi connectivity index (χ2n) is 11.5. The fourth-order valence-corrected chi connectivity index (χ4v) is 6.03. The van der Waals surface area contributed by atoms with E-state index in [0.29, 0.717) is 25.7 Å². The first kappa shape index (κ1) is 29.0. The molecule has 2 aliphatic rings. The summed E-state index contributed by atoms with van der Waals surface area (Å²) in [6.07, 6.45) is 12.8. The molecule has 4 heteroatoms. The van der Waals surface area contributed by atoms with Crippen molar-refractivity contribution in [3.8, 4) is 0 Å². The number of Topliss-reactive ketones (excluding diaryl/α,β-unsaturated/α-hetero) is 2. The van der Waals surface area contributed by atoms with Crippen molar-refractivity contribution in [2.24, 2.45) is 28.6 Å². The van der Waals surface area contributed by atoms with Crippen LogP contribution in [0.25, 0.3) is 0 Å². The molecular weight excluding hydrogens is 436 g/mol. The van der Waals surface area contributed by atoms with Crippen molar-refractivity contribution in [1.29, 1.82) is 0 Å². The number of carbonyl (C=O) groups is 3. The maximum Gasteiger partial charge on any atom is 0.169 e. The van der Waals surface area contributed by atoms with E-state index in [9.17, 15) is 19.5 Å². The van der Waals surface area contributed by atoms with Crippen LogP contribution < -0.4 is 0 Å². The molecule has 1 saturated carbocycles. The van der Waals surface area contributed by atoms with E-state index in [4.69, 9.17) is 0 Å². The molecule has 0 aliphatic heterocycles. The number of aliphatic hydroxyl groups excluding tert-OH is 1. The SMILES string of the molecule is CC[C@H](C)C(=O)[C@]12C(=O)[C@H](C[C@H](CC=C(C)C)[C@@]1(C)CC/C=C(\C)CCC=C(C)C)C(=O)C=C2O. The van der Waals surface area contributed by atoms with Gasteiger partial charge in [0.05, 0.1) is 5.92 Å². The molecule has 0 unspecified atom stereocenters. The van der Waals surface area contributed by atoms with Crippen molar-refractivity contribution < 1.29 is 19.5 Å². The molecule has 0 saturated heterocycles. The molecule has 5 atom stereocenters. The Morgan fingerprint density at radius 2 is 1.71 bits per heavy atom. The van der Waals surface area contributed by atoms with Crippen LogP contribution in [0.2, 0.25) is 0 Å². The van der Waals surface area contributed by atoms with Crippen LogP contribution in [-0.2, 0) is 14.4 Å². The first-order valence-corrected chi connectivity index (χ1v) is 13.3. The number of hydrogen-bond acceptors (Lipinski definition) is 4. The predicted octanol–water partition coefficient (Wildman–Crippen LogP) is 7.65. The summed E-state index contributed by atoms with van der Waals surface area (Å²) >= 11 is 0. The lowest BCUT2D eigenvalue weighted by atomic mass is 9.43. The molecule has 2 aliphatic carbocycles. The Morgan fingerprint density at radius 3 is 2.29 bits per heavy atom. The molecule has 0 amide bonds. The minimum Gasteiger partial charge on any atom is -0.511 e. The van der Waals surface area contributed by atoms with Gasteiger partial charge in [-0.2, -0.15) is 0 Å². The molecule has 0 spiro atoms. The van der Waals surface area contributed by atoms with E-state index >= 15 is 0 Å². The standard InChI is InChI=1S/C31H46O4/c1-9-23(7)28(34)31-27(33)19-26(32)25(29(31)35)18-24(16-15-21(4)5)30(31,8)17-11-14-22(6)13-10-12-20(2)3/h12,14-15,19,23-25,33H,9-11,13,16-18H2,1-8H3/b22-14+/t23-,24-,25+,30+,31+/m0/s1. The third-order valence-electron chi connectivity index (χ3n) is 8.46. The fraction of sp³-hybridized carbons (Fsp3) is 0.645. The first-order chi connectivity index (χ1) is 16.3. The average Bonchev–Trinajstić information content (AvgIpc) is 2.76. The molecule has 2 bridgehead atoms. The highest BCUT2D eigenvalue weighted by molar-refractivity contribution is 6.23. The number of rotatable bonds is 11. The van der Waals surface area contributed by atoms with Crippen molar-refractivity contribution in [1.82, 2.24) is 0 Å². The van der Waals surface area contributed by atoms with Gasteiger partial charge in [0.2, 0.25) is 0 Å². The summed E-state index contributed by atoms with van der Waals surface area (Å²) in [7, 11) is 0. The number of fused-ring (bicyclic) bond motifs is 2. The number of hydrogen-bond donors (Lipinski definition) is 1. The Kier molecular flexibility index (Phi) is 9.67. The van der Waals surface area contributed by atoms with Gasteiger partial charge in [-0.1, -0.05) is 55.7 Å². The molecule has 4 nitrogen and oxygen atoms in total. The number of carbonyl (C=O) groups excluding carboxylic acids is 3. The summed E-state index contributed by atoms with van der Waals surface area (Å²) in [5, 5.41) is 11.3. The number of allylic oxidation sites excluding steroid dienone is 8. The van der Waals surface area contributed by atoms with Crippen LogP contribution in [-0.4, -0.2) is 22.5 Å². The smallest absolute Gasteiger partial charge is 0.169 e. The van der Waals surface area contributed by atoms with E-state index in [1.807, 2.05) is 34.6 Å². The Bertz CT molecular complexity index is 954. The Hall–Kier alpha value is -2.23. The van der Waals surface area contributed by atoms with Crippen LogP contribution in [0, 0.1) is 28.6 Å². The molecule has 2 rings (SSSR count). The van der Waals surface area contributed by atoms with Gasteiger partial charge in [0.15, 0.2) is 22.8 Å². The molecule has 35 heavy (non-hydrogen) atoms. The van der Waals surface area contributed by atoms with Gasteiger partial charge in [0.25, 0.3) is 0 Å². The molecule has 1 N–H and O–H groups in total. The topological polar surface area (TPSA) is 71.4 Å². The molecular formula is C31H46O4. The summed E-state index contributed by atoms with van der Waals surface area (Å²) < 4.78 is 0. The highest BCUT2D eigenvalue weighted by atomic mass is 16.3. The average molecular weight is 483 g/mol. The summed E-state index contributed by atoms with van der Waals surface area (Å²) in [6.45, 7) is 16.2. The number of aliphatic hydroxyl groups is 1. The minimum absolute atomic E-state index is 0.0627. The van der Waals surface area contributed by atoms with Crippen molar-refractivity contribution in [3.05, 3.63) is 46.8 Å². The summed E-state index contributed by atoms with van der Waals surface area (Å²) in [5.41, 5.74) is 1.32. The summed E-state index contributed by atoms with van der Waals surface area (Å²) in [4.78, 5) is 40.7. The van der Waals surface area contributed by atoms with Gasteiger partial charge in [-0.15, -0.1) is 0 Å². The Morgan fingerprint density at radius 1 is 1.09 bits per heavy atom. The van der Waals surface area contributed by atoms with Crippen LogP contribution in [0.5, 0.6) is 0 Å². The van der Waals surface area contributed by atoms with Crippen LogP contribution in [0.15, 0.2) is 46.8 Å². The minimum atomic E-state index is -1.65. The monoisotopic (exact) mass is 482 g/mol. The van der Waals surface area contributed by atoms with Crippen LogP contribution in [0.1, 0.15) is 100 Å². The maximum absolute atomic E-state index is 14.0. The van der Waals surface area contributed by atoms with Crippen LogP contribution in [0.3, 0.4) is 0 Å². The van der Waals surface area contributed by atoms with Gasteiger partial charge >= 0.3 is 0 Å². The Labute approximate surface area is 212 Å². The maximum atomic E-state index is 14.0. The van der Waals surface area contributed by atoms with Gasteiger partial charge in [-0.3, -0.25) is 14.4 Å². The molecule has 0 aromatic rings. The molecule has 194 valence electrons. The van der Waals surface area contributed by atoms with E-state index in [0.717, 1.165) is 24.8 Å². The lowest BCUT2D eigenvalue weighted by Gasteiger charge is -2.57. The van der Waals surface area contributed by atoms with E-state index in [-0.39, 0.29) is 34.9 Å². The highest BCUT2D eigenvalue weighted by Gasteiger charge is 2.70. The molecule has 0 radical (unpaired) electrons. The lowest BCUT2D eigenvalue weighted by molar-refractivity contribution is -0.169. The zero-order chi connectivity index (χ0) is 26.6. The largest absolute Gasteiger partial charge is 0.511 e. The number of ketones is 3. The molecule has 0 aromatic carbocycles. The van der Waals surface area contributed by atoms with Crippen molar-refractivity contribution in [3.63, 3.8) is 0 Å². The zero-order valence-electron chi connectivity index (χ0n) is 23.2. The molecule has 1 fully saturated rings. The molecule has 0 aromatic heterocycles. The van der Waals surface area contributed by atoms with Crippen LogP contribution in [0.4, 0.5) is 0 Å². The van der Waals surface area contributed by atoms with E-state index in [2.05, 4.69) is 39.0 Å².